The highest BCUT2D eigenvalue weighted by Gasteiger charge is 2.21. The lowest BCUT2D eigenvalue weighted by Crippen LogP contribution is -2.31. The summed E-state index contributed by atoms with van der Waals surface area (Å²) in [6.45, 7) is 3.96. The Bertz CT molecular complexity index is 349. The van der Waals surface area contributed by atoms with Crippen LogP contribution in [0.15, 0.2) is 24.3 Å². The molecule has 0 N–H and O–H groups in total. The minimum Gasteiger partial charge on any atom is -0.491 e. The Balaban J connectivity index is 2.40. The maximum absolute atomic E-state index is 11.9. The summed E-state index contributed by atoms with van der Waals surface area (Å²) in [6.07, 6.45) is 0. The lowest BCUT2D eigenvalue weighted by Gasteiger charge is -2.16. The van der Waals surface area contributed by atoms with Crippen LogP contribution in [0.25, 0.3) is 0 Å². The molecule has 14 heavy (non-hydrogen) atoms. The Morgan fingerprint density at radius 3 is 3.00 bits per heavy atom. The molecule has 0 spiro atoms. The van der Waals surface area contributed by atoms with Crippen molar-refractivity contribution < 1.29 is 9.53 Å². The maximum atomic E-state index is 11.9. The lowest BCUT2D eigenvalue weighted by molar-refractivity contribution is 0.0765. The second-order valence-electron chi connectivity index (χ2n) is 3.23. The Morgan fingerprint density at radius 2 is 2.21 bits per heavy atom. The number of rotatable bonds is 1. The Kier molecular flexibility index (Phi) is 2.39. The number of hydrogen-bond acceptors (Lipinski definition) is 2. The minimum absolute atomic E-state index is 0.0700. The zero-order valence-corrected chi connectivity index (χ0v) is 8.19. The molecule has 3 heteroatoms. The number of nitrogens with zero attached hydrogens (tertiary/aromatic N) is 1. The first kappa shape index (κ1) is 9.06. The van der Waals surface area contributed by atoms with Gasteiger partial charge in [0.15, 0.2) is 0 Å². The SMILES string of the molecule is CCN1CCOc2ccccc2C1=O. The summed E-state index contributed by atoms with van der Waals surface area (Å²) < 4.78 is 5.49. The zero-order chi connectivity index (χ0) is 9.97. The van der Waals surface area contributed by atoms with Gasteiger partial charge in [0.1, 0.15) is 12.4 Å². The Hall–Kier alpha value is -1.51. The molecule has 1 amide bonds. The smallest absolute Gasteiger partial charge is 0.257 e. The van der Waals surface area contributed by atoms with Crippen molar-refractivity contribution in [3.05, 3.63) is 29.8 Å². The van der Waals surface area contributed by atoms with Crippen LogP contribution in [0, 0.1) is 0 Å². The predicted octanol–water partition coefficient (Wildman–Crippen LogP) is 1.54. The third-order valence-electron chi connectivity index (χ3n) is 2.41. The lowest BCUT2D eigenvalue weighted by atomic mass is 10.2. The standard InChI is InChI=1S/C11H13NO2/c1-2-12-7-8-14-10-6-4-3-5-9(10)11(12)13/h3-6H,2,7-8H2,1H3. The average Bonchev–Trinajstić information content (AvgIpc) is 2.39. The van der Waals surface area contributed by atoms with E-state index in [4.69, 9.17) is 4.74 Å². The summed E-state index contributed by atoms with van der Waals surface area (Å²) in [7, 11) is 0. The molecule has 2 rings (SSSR count). The van der Waals surface area contributed by atoms with Crippen LogP contribution < -0.4 is 4.74 Å². The molecule has 0 unspecified atom stereocenters. The van der Waals surface area contributed by atoms with Gasteiger partial charge in [-0.2, -0.15) is 0 Å². The molecule has 0 atom stereocenters. The quantitative estimate of drug-likeness (QED) is 0.674. The number of benzene rings is 1. The molecular weight excluding hydrogens is 178 g/mol. The van der Waals surface area contributed by atoms with E-state index in [0.717, 1.165) is 6.54 Å². The van der Waals surface area contributed by atoms with E-state index in [1.807, 2.05) is 31.2 Å². The fourth-order valence-corrected chi connectivity index (χ4v) is 1.61. The van der Waals surface area contributed by atoms with Crippen molar-refractivity contribution in [3.63, 3.8) is 0 Å². The number of amides is 1. The molecule has 0 fully saturated rings. The van der Waals surface area contributed by atoms with E-state index >= 15 is 0 Å². The van der Waals surface area contributed by atoms with Gasteiger partial charge < -0.3 is 9.64 Å². The third-order valence-corrected chi connectivity index (χ3v) is 2.41. The van der Waals surface area contributed by atoms with E-state index in [1.54, 1.807) is 4.90 Å². The molecule has 74 valence electrons. The van der Waals surface area contributed by atoms with Crippen LogP contribution in [0.5, 0.6) is 5.75 Å². The number of carbonyl (C=O) groups excluding carboxylic acids is 1. The molecule has 3 nitrogen and oxygen atoms in total. The van der Waals surface area contributed by atoms with Gasteiger partial charge in [-0.15, -0.1) is 0 Å². The number of para-hydroxylation sites is 1. The topological polar surface area (TPSA) is 29.5 Å². The van der Waals surface area contributed by atoms with Gasteiger partial charge in [-0.05, 0) is 19.1 Å². The molecule has 1 aliphatic heterocycles. The first-order chi connectivity index (χ1) is 6.83. The average molecular weight is 191 g/mol. The molecule has 0 bridgehead atoms. The summed E-state index contributed by atoms with van der Waals surface area (Å²) >= 11 is 0. The molecule has 1 heterocycles. The molecule has 0 aliphatic carbocycles. The van der Waals surface area contributed by atoms with Gasteiger partial charge in [-0.25, -0.2) is 0 Å². The number of likely N-dealkylation sites (N-methyl/N-ethyl adjacent to an activating group) is 1. The van der Waals surface area contributed by atoms with Gasteiger partial charge in [0, 0.05) is 6.54 Å². The predicted molar refractivity (Wildman–Crippen MR) is 53.5 cm³/mol. The van der Waals surface area contributed by atoms with E-state index in [2.05, 4.69) is 0 Å². The summed E-state index contributed by atoms with van der Waals surface area (Å²) in [6, 6.07) is 7.39. The number of fused-ring (bicyclic) bond motifs is 1. The summed E-state index contributed by atoms with van der Waals surface area (Å²) in [5, 5.41) is 0. The van der Waals surface area contributed by atoms with E-state index in [-0.39, 0.29) is 5.91 Å². The molecule has 0 aromatic heterocycles. The summed E-state index contributed by atoms with van der Waals surface area (Å²) in [4.78, 5) is 13.7. The maximum Gasteiger partial charge on any atom is 0.257 e. The summed E-state index contributed by atoms with van der Waals surface area (Å²) in [5.41, 5.74) is 0.673. The van der Waals surface area contributed by atoms with Crippen molar-refractivity contribution in [2.24, 2.45) is 0 Å². The van der Waals surface area contributed by atoms with E-state index in [9.17, 15) is 4.79 Å². The fraction of sp³-hybridized carbons (Fsp3) is 0.364. The van der Waals surface area contributed by atoms with Gasteiger partial charge in [0.2, 0.25) is 0 Å². The molecule has 0 radical (unpaired) electrons. The highest BCUT2D eigenvalue weighted by atomic mass is 16.5. The van der Waals surface area contributed by atoms with Gasteiger partial charge in [0.25, 0.3) is 5.91 Å². The molecule has 0 saturated heterocycles. The van der Waals surface area contributed by atoms with Crippen LogP contribution in [-0.2, 0) is 0 Å². The summed E-state index contributed by atoms with van der Waals surface area (Å²) in [5.74, 6) is 0.772. The molecular formula is C11H13NO2. The second kappa shape index (κ2) is 3.70. The first-order valence-electron chi connectivity index (χ1n) is 4.84. The Morgan fingerprint density at radius 1 is 1.43 bits per heavy atom. The van der Waals surface area contributed by atoms with Crippen LogP contribution in [-0.4, -0.2) is 30.5 Å². The van der Waals surface area contributed by atoms with Gasteiger partial charge in [0.05, 0.1) is 12.1 Å². The minimum atomic E-state index is 0.0700. The second-order valence-corrected chi connectivity index (χ2v) is 3.23. The van der Waals surface area contributed by atoms with Gasteiger partial charge >= 0.3 is 0 Å². The molecule has 1 aliphatic rings. The highest BCUT2D eigenvalue weighted by molar-refractivity contribution is 5.97. The monoisotopic (exact) mass is 191 g/mol. The van der Waals surface area contributed by atoms with E-state index in [1.165, 1.54) is 0 Å². The highest BCUT2D eigenvalue weighted by Crippen LogP contribution is 2.21. The largest absolute Gasteiger partial charge is 0.491 e. The van der Waals surface area contributed by atoms with Crippen molar-refractivity contribution in [2.75, 3.05) is 19.7 Å². The molecule has 0 saturated carbocycles. The van der Waals surface area contributed by atoms with Crippen LogP contribution in [0.2, 0.25) is 0 Å². The van der Waals surface area contributed by atoms with E-state index in [0.29, 0.717) is 24.5 Å². The van der Waals surface area contributed by atoms with Crippen molar-refractivity contribution in [2.45, 2.75) is 6.92 Å². The molecule has 1 aromatic rings. The van der Waals surface area contributed by atoms with Crippen LogP contribution >= 0.6 is 0 Å². The normalized spacial score (nSPS) is 15.8. The van der Waals surface area contributed by atoms with Crippen LogP contribution in [0.1, 0.15) is 17.3 Å². The van der Waals surface area contributed by atoms with Crippen molar-refractivity contribution in [3.8, 4) is 5.75 Å². The van der Waals surface area contributed by atoms with Crippen molar-refractivity contribution >= 4 is 5.91 Å². The van der Waals surface area contributed by atoms with Crippen molar-refractivity contribution in [1.29, 1.82) is 0 Å². The van der Waals surface area contributed by atoms with Gasteiger partial charge in [-0.1, -0.05) is 12.1 Å². The number of carbonyl (C=O) groups is 1. The third kappa shape index (κ3) is 1.45. The van der Waals surface area contributed by atoms with E-state index < -0.39 is 0 Å². The Labute approximate surface area is 83.3 Å². The van der Waals surface area contributed by atoms with Gasteiger partial charge in [-0.3, -0.25) is 4.79 Å². The van der Waals surface area contributed by atoms with Crippen LogP contribution in [0.3, 0.4) is 0 Å². The van der Waals surface area contributed by atoms with Crippen molar-refractivity contribution in [1.82, 2.24) is 4.90 Å². The molecule has 1 aromatic carbocycles. The number of hydrogen-bond donors (Lipinski definition) is 0. The van der Waals surface area contributed by atoms with Crippen LogP contribution in [0.4, 0.5) is 0 Å². The first-order valence-corrected chi connectivity index (χ1v) is 4.84. The zero-order valence-electron chi connectivity index (χ0n) is 8.19. The number of ether oxygens (including phenoxy) is 1. The fourth-order valence-electron chi connectivity index (χ4n) is 1.61.